The minimum Gasteiger partial charge on any atom is -0.0616 e. The smallest absolute Gasteiger partial charge is 0.0159 e. The summed E-state index contributed by atoms with van der Waals surface area (Å²) in [5.41, 5.74) is 26.8. The van der Waals surface area contributed by atoms with Gasteiger partial charge >= 0.3 is 0 Å². The molecule has 0 spiro atoms. The highest BCUT2D eigenvalue weighted by atomic mass is 14.4. The van der Waals surface area contributed by atoms with E-state index in [9.17, 15) is 0 Å². The van der Waals surface area contributed by atoms with Gasteiger partial charge in [0, 0.05) is 10.8 Å². The van der Waals surface area contributed by atoms with Crippen LogP contribution in [0.1, 0.15) is 155 Å². The van der Waals surface area contributed by atoms with E-state index in [0.29, 0.717) is 0 Å². The molecule has 0 N–H and O–H groups in total. The molecule has 0 aliphatic heterocycles. The van der Waals surface area contributed by atoms with E-state index in [1.807, 2.05) is 0 Å². The zero-order chi connectivity index (χ0) is 46.1. The molecular weight excluding hydrogens is 769 g/mol. The van der Waals surface area contributed by atoms with Gasteiger partial charge in [-0.2, -0.15) is 0 Å². The monoisotopic (exact) mass is 839 g/mol. The SMILES string of the molecule is CC(C)(C)c1ccc2c(c1)C(C)(C)c1cc(C(C)(C)C)cc(-c3cccc(-c4ccccc4-c4cccc(-c5cc(C(C)(C)C)cc6c5-c5ccc(C(C)(C)C)cc5C6(C)C)c4)c3)c1-2. The second-order valence-electron chi connectivity index (χ2n) is 24.4. The summed E-state index contributed by atoms with van der Waals surface area (Å²) in [6.07, 6.45) is 0. The van der Waals surface area contributed by atoms with Crippen molar-refractivity contribution in [1.82, 2.24) is 0 Å². The van der Waals surface area contributed by atoms with Crippen molar-refractivity contribution in [3.63, 3.8) is 0 Å². The Bertz CT molecular complexity index is 2800. The molecular formula is C64H70. The normalized spacial score (nSPS) is 15.1. The van der Waals surface area contributed by atoms with Gasteiger partial charge in [-0.15, -0.1) is 0 Å². The standard InChI is InChI=1S/C64H70/c1-59(2,3)43-27-29-49-53(35-43)63(13,14)55-37-45(61(7,8)9)33-51(57(49)55)41-23-19-21-39(31-41)47-25-17-18-26-48(47)40-22-20-24-42(32-40)52-34-46(62(10,11)12)38-56-58(52)50-30-28-44(60(4,5)6)36-54(50)64(56,15)16/h17-38H,1-16H3. The van der Waals surface area contributed by atoms with E-state index in [1.165, 1.54) is 111 Å². The van der Waals surface area contributed by atoms with E-state index in [4.69, 9.17) is 0 Å². The van der Waals surface area contributed by atoms with Crippen LogP contribution in [0.3, 0.4) is 0 Å². The van der Waals surface area contributed by atoms with E-state index in [-0.39, 0.29) is 32.5 Å². The highest BCUT2D eigenvalue weighted by molar-refractivity contribution is 5.97. The summed E-state index contributed by atoms with van der Waals surface area (Å²) in [5, 5.41) is 0. The second kappa shape index (κ2) is 14.5. The molecule has 2 aliphatic carbocycles. The van der Waals surface area contributed by atoms with Crippen molar-refractivity contribution in [2.24, 2.45) is 0 Å². The van der Waals surface area contributed by atoms with E-state index in [0.717, 1.165) is 0 Å². The summed E-state index contributed by atoms with van der Waals surface area (Å²) >= 11 is 0. The van der Waals surface area contributed by atoms with Crippen molar-refractivity contribution in [2.45, 2.75) is 143 Å². The molecule has 0 aromatic heterocycles. The Morgan fingerprint density at radius 2 is 0.578 bits per heavy atom. The molecule has 0 nitrogen and oxygen atoms in total. The van der Waals surface area contributed by atoms with Gasteiger partial charge < -0.3 is 0 Å². The topological polar surface area (TPSA) is 0 Å². The fraction of sp³-hybridized carbons (Fsp3) is 0.344. The van der Waals surface area contributed by atoms with Gasteiger partial charge in [0.05, 0.1) is 0 Å². The third-order valence-electron chi connectivity index (χ3n) is 14.9. The Morgan fingerprint density at radius 1 is 0.266 bits per heavy atom. The number of hydrogen-bond donors (Lipinski definition) is 0. The predicted octanol–water partition coefficient (Wildman–Crippen LogP) is 18.2. The first-order valence-corrected chi connectivity index (χ1v) is 23.8. The minimum absolute atomic E-state index is 0.000146. The summed E-state index contributed by atoms with van der Waals surface area (Å²) in [6, 6.07) is 52.2. The van der Waals surface area contributed by atoms with Crippen molar-refractivity contribution >= 4 is 0 Å². The van der Waals surface area contributed by atoms with Crippen molar-refractivity contribution in [1.29, 1.82) is 0 Å². The van der Waals surface area contributed by atoms with Crippen molar-refractivity contribution in [3.05, 3.63) is 178 Å². The molecule has 326 valence electrons. The van der Waals surface area contributed by atoms with E-state index >= 15 is 0 Å². The zero-order valence-corrected chi connectivity index (χ0v) is 41.7. The molecule has 0 saturated heterocycles. The third kappa shape index (κ3) is 7.21. The Hall–Kier alpha value is -5.46. The van der Waals surface area contributed by atoms with Gasteiger partial charge in [-0.05, 0) is 157 Å². The van der Waals surface area contributed by atoms with Crippen molar-refractivity contribution in [3.8, 4) is 66.8 Å². The summed E-state index contributed by atoms with van der Waals surface area (Å²) < 4.78 is 0. The molecule has 0 bridgehead atoms. The lowest BCUT2D eigenvalue weighted by Gasteiger charge is -2.27. The maximum absolute atomic E-state index is 2.51. The van der Waals surface area contributed by atoms with Gasteiger partial charge in [-0.1, -0.05) is 220 Å². The van der Waals surface area contributed by atoms with Gasteiger partial charge in [0.25, 0.3) is 0 Å². The lowest BCUT2D eigenvalue weighted by atomic mass is 9.76. The summed E-state index contributed by atoms with van der Waals surface area (Å²) in [4.78, 5) is 0. The molecule has 9 rings (SSSR count). The molecule has 0 heteroatoms. The highest BCUT2D eigenvalue weighted by Crippen LogP contribution is 2.56. The molecule has 0 unspecified atom stereocenters. The number of benzene rings is 7. The molecule has 2 aliphatic rings. The molecule has 7 aromatic carbocycles. The zero-order valence-electron chi connectivity index (χ0n) is 41.7. The number of fused-ring (bicyclic) bond motifs is 6. The lowest BCUT2D eigenvalue weighted by Crippen LogP contribution is -2.19. The molecule has 0 atom stereocenters. The number of rotatable bonds is 4. The average Bonchev–Trinajstić information content (AvgIpc) is 3.60. The highest BCUT2D eigenvalue weighted by Gasteiger charge is 2.41. The average molecular weight is 839 g/mol. The van der Waals surface area contributed by atoms with E-state index in [1.54, 1.807) is 0 Å². The van der Waals surface area contributed by atoms with Crippen LogP contribution in [-0.4, -0.2) is 0 Å². The van der Waals surface area contributed by atoms with Crippen LogP contribution in [0.4, 0.5) is 0 Å². The predicted molar refractivity (Wildman–Crippen MR) is 278 cm³/mol. The fourth-order valence-corrected chi connectivity index (χ4v) is 10.6. The molecule has 0 fully saturated rings. The summed E-state index contributed by atoms with van der Waals surface area (Å²) in [5.74, 6) is 0. The van der Waals surface area contributed by atoms with E-state index < -0.39 is 0 Å². The quantitative estimate of drug-likeness (QED) is 0.166. The third-order valence-corrected chi connectivity index (χ3v) is 14.9. The largest absolute Gasteiger partial charge is 0.0616 e. The first kappa shape index (κ1) is 43.8. The van der Waals surface area contributed by atoms with Crippen LogP contribution in [0.25, 0.3) is 66.8 Å². The Kier molecular flexibility index (Phi) is 9.93. The van der Waals surface area contributed by atoms with Crippen LogP contribution in [0, 0.1) is 0 Å². The Morgan fingerprint density at radius 3 is 0.906 bits per heavy atom. The van der Waals surface area contributed by atoms with Gasteiger partial charge in [-0.25, -0.2) is 0 Å². The minimum atomic E-state index is -0.114. The molecule has 64 heavy (non-hydrogen) atoms. The van der Waals surface area contributed by atoms with E-state index in [2.05, 4.69) is 244 Å². The van der Waals surface area contributed by atoms with Gasteiger partial charge in [-0.3, -0.25) is 0 Å². The second-order valence-corrected chi connectivity index (χ2v) is 24.4. The lowest BCUT2D eigenvalue weighted by molar-refractivity contribution is 0.579. The fourth-order valence-electron chi connectivity index (χ4n) is 10.6. The van der Waals surface area contributed by atoms with Crippen LogP contribution in [-0.2, 0) is 32.5 Å². The first-order chi connectivity index (χ1) is 29.8. The van der Waals surface area contributed by atoms with Crippen LogP contribution in [0.5, 0.6) is 0 Å². The van der Waals surface area contributed by atoms with Crippen molar-refractivity contribution < 1.29 is 0 Å². The van der Waals surface area contributed by atoms with Crippen molar-refractivity contribution in [2.75, 3.05) is 0 Å². The van der Waals surface area contributed by atoms with Crippen LogP contribution < -0.4 is 0 Å². The van der Waals surface area contributed by atoms with Crippen LogP contribution in [0.2, 0.25) is 0 Å². The molecule has 0 radical (unpaired) electrons. The molecule has 0 amide bonds. The maximum atomic E-state index is 2.51. The molecule has 0 heterocycles. The van der Waals surface area contributed by atoms with Crippen LogP contribution >= 0.6 is 0 Å². The van der Waals surface area contributed by atoms with Gasteiger partial charge in [0.15, 0.2) is 0 Å². The first-order valence-electron chi connectivity index (χ1n) is 23.8. The Labute approximate surface area is 386 Å². The molecule has 7 aromatic rings. The maximum Gasteiger partial charge on any atom is 0.0159 e. The van der Waals surface area contributed by atoms with Gasteiger partial charge in [0.1, 0.15) is 0 Å². The van der Waals surface area contributed by atoms with Gasteiger partial charge in [0.2, 0.25) is 0 Å². The summed E-state index contributed by atoms with van der Waals surface area (Å²) in [6.45, 7) is 37.8. The molecule has 0 saturated carbocycles. The Balaban J connectivity index is 1.19. The van der Waals surface area contributed by atoms with Crippen LogP contribution in [0.15, 0.2) is 133 Å². The number of hydrogen-bond acceptors (Lipinski definition) is 0. The summed E-state index contributed by atoms with van der Waals surface area (Å²) in [7, 11) is 0.